The number of para-hydroxylation sites is 1. The Bertz CT molecular complexity index is 481. The van der Waals surface area contributed by atoms with Gasteiger partial charge in [-0.25, -0.2) is 0 Å². The van der Waals surface area contributed by atoms with Gasteiger partial charge in [-0.1, -0.05) is 24.3 Å². The first-order valence-electron chi connectivity index (χ1n) is 6.38. The van der Waals surface area contributed by atoms with Crippen LogP contribution >= 0.6 is 0 Å². The maximum absolute atomic E-state index is 10.8. The van der Waals surface area contributed by atoms with Crippen molar-refractivity contribution in [2.24, 2.45) is 5.41 Å². The van der Waals surface area contributed by atoms with Crippen molar-refractivity contribution < 1.29 is 10.0 Å². The topological polar surface area (TPSA) is 75.4 Å². The van der Waals surface area contributed by atoms with Gasteiger partial charge in [0.25, 0.3) is 5.69 Å². The molecule has 0 aromatic heterocycles. The average Bonchev–Trinajstić information content (AvgIpc) is 3.19. The Morgan fingerprint density at radius 3 is 2.79 bits per heavy atom. The van der Waals surface area contributed by atoms with E-state index >= 15 is 0 Å². The molecule has 0 bridgehead atoms. The predicted molar refractivity (Wildman–Crippen MR) is 73.8 cm³/mol. The SMILES string of the molecule is O=[N+]([O-])c1ccccc1/C=C/CNCC1(CO)CC1. The molecule has 1 saturated carbocycles. The second-order valence-electron chi connectivity index (χ2n) is 5.01. The van der Waals surface area contributed by atoms with Crippen molar-refractivity contribution >= 4 is 11.8 Å². The quantitative estimate of drug-likeness (QED) is 0.447. The lowest BCUT2D eigenvalue weighted by Crippen LogP contribution is -2.26. The van der Waals surface area contributed by atoms with Crippen LogP contribution in [0.15, 0.2) is 30.3 Å². The van der Waals surface area contributed by atoms with Crippen molar-refractivity contribution in [3.05, 3.63) is 46.0 Å². The first-order chi connectivity index (χ1) is 9.17. The van der Waals surface area contributed by atoms with Gasteiger partial charge in [-0.3, -0.25) is 10.1 Å². The van der Waals surface area contributed by atoms with Crippen molar-refractivity contribution in [2.75, 3.05) is 19.7 Å². The van der Waals surface area contributed by atoms with E-state index in [2.05, 4.69) is 5.32 Å². The molecule has 2 rings (SSSR count). The number of nitro benzene ring substituents is 1. The van der Waals surface area contributed by atoms with E-state index in [4.69, 9.17) is 5.11 Å². The Balaban J connectivity index is 1.84. The highest BCUT2D eigenvalue weighted by atomic mass is 16.6. The number of hydrogen-bond donors (Lipinski definition) is 2. The third kappa shape index (κ3) is 3.62. The van der Waals surface area contributed by atoms with Gasteiger partial charge in [-0.15, -0.1) is 0 Å². The standard InChI is InChI=1S/C14H18N2O3/c17-11-14(7-8-14)10-15-9-3-5-12-4-1-2-6-13(12)16(18)19/h1-6,15,17H,7-11H2/b5-3+. The molecule has 0 heterocycles. The van der Waals surface area contributed by atoms with Crippen LogP contribution in [-0.4, -0.2) is 29.7 Å². The Morgan fingerprint density at radius 2 is 2.16 bits per heavy atom. The first kappa shape index (κ1) is 13.7. The van der Waals surface area contributed by atoms with E-state index in [1.807, 2.05) is 6.08 Å². The van der Waals surface area contributed by atoms with Crippen molar-refractivity contribution in [3.8, 4) is 0 Å². The van der Waals surface area contributed by atoms with Crippen LogP contribution in [0.4, 0.5) is 5.69 Å². The highest BCUT2D eigenvalue weighted by Gasteiger charge is 2.41. The zero-order chi connectivity index (χ0) is 13.7. The Morgan fingerprint density at radius 1 is 1.42 bits per heavy atom. The van der Waals surface area contributed by atoms with E-state index in [0.29, 0.717) is 12.1 Å². The smallest absolute Gasteiger partial charge is 0.276 e. The highest BCUT2D eigenvalue weighted by molar-refractivity contribution is 5.60. The van der Waals surface area contributed by atoms with Crippen LogP contribution < -0.4 is 5.32 Å². The summed E-state index contributed by atoms with van der Waals surface area (Å²) in [5, 5.41) is 23.2. The molecule has 1 aromatic carbocycles. The van der Waals surface area contributed by atoms with Crippen molar-refractivity contribution in [3.63, 3.8) is 0 Å². The molecule has 1 aliphatic carbocycles. The highest BCUT2D eigenvalue weighted by Crippen LogP contribution is 2.44. The summed E-state index contributed by atoms with van der Waals surface area (Å²) in [4.78, 5) is 10.4. The minimum Gasteiger partial charge on any atom is -0.396 e. The number of hydrogen-bond acceptors (Lipinski definition) is 4. The van der Waals surface area contributed by atoms with Crippen molar-refractivity contribution in [1.82, 2.24) is 5.32 Å². The number of rotatable bonds is 7. The molecule has 0 spiro atoms. The molecule has 2 N–H and O–H groups in total. The molecule has 0 aliphatic heterocycles. The molecular formula is C14H18N2O3. The molecule has 0 unspecified atom stereocenters. The molecule has 1 aromatic rings. The summed E-state index contributed by atoms with van der Waals surface area (Å²) in [5.41, 5.74) is 0.817. The Hall–Kier alpha value is -1.72. The largest absolute Gasteiger partial charge is 0.396 e. The number of nitro groups is 1. The monoisotopic (exact) mass is 262 g/mol. The van der Waals surface area contributed by atoms with Gasteiger partial charge in [-0.2, -0.15) is 0 Å². The molecule has 1 fully saturated rings. The van der Waals surface area contributed by atoms with Gasteiger partial charge < -0.3 is 10.4 Å². The minimum absolute atomic E-state index is 0.0899. The maximum Gasteiger partial charge on any atom is 0.276 e. The van der Waals surface area contributed by atoms with E-state index in [-0.39, 0.29) is 22.6 Å². The molecule has 102 valence electrons. The minimum atomic E-state index is -0.377. The van der Waals surface area contributed by atoms with Crippen LogP contribution in [0, 0.1) is 15.5 Å². The lowest BCUT2D eigenvalue weighted by Gasteiger charge is -2.10. The second-order valence-corrected chi connectivity index (χ2v) is 5.01. The third-order valence-electron chi connectivity index (χ3n) is 3.49. The number of aliphatic hydroxyl groups excluding tert-OH is 1. The summed E-state index contributed by atoms with van der Waals surface area (Å²) in [6, 6.07) is 6.67. The molecular weight excluding hydrogens is 244 g/mol. The molecule has 5 nitrogen and oxygen atoms in total. The van der Waals surface area contributed by atoms with Crippen LogP contribution in [0.2, 0.25) is 0 Å². The van der Waals surface area contributed by atoms with Crippen LogP contribution in [0.1, 0.15) is 18.4 Å². The summed E-state index contributed by atoms with van der Waals surface area (Å²) in [6.07, 6.45) is 5.77. The fourth-order valence-electron chi connectivity index (χ4n) is 1.97. The maximum atomic E-state index is 10.8. The van der Waals surface area contributed by atoms with Crippen LogP contribution in [0.25, 0.3) is 6.08 Å². The third-order valence-corrected chi connectivity index (χ3v) is 3.49. The van der Waals surface area contributed by atoms with Gasteiger partial charge in [0.2, 0.25) is 0 Å². The van der Waals surface area contributed by atoms with E-state index in [9.17, 15) is 10.1 Å². The molecule has 0 saturated heterocycles. The molecule has 0 amide bonds. The molecule has 19 heavy (non-hydrogen) atoms. The van der Waals surface area contributed by atoms with Crippen molar-refractivity contribution in [1.29, 1.82) is 0 Å². The number of benzene rings is 1. The van der Waals surface area contributed by atoms with Gasteiger partial charge in [0.15, 0.2) is 0 Å². The van der Waals surface area contributed by atoms with Gasteiger partial charge in [0, 0.05) is 31.2 Å². The lowest BCUT2D eigenvalue weighted by molar-refractivity contribution is -0.385. The molecule has 0 radical (unpaired) electrons. The molecule has 1 aliphatic rings. The van der Waals surface area contributed by atoms with E-state index in [1.54, 1.807) is 24.3 Å². The van der Waals surface area contributed by atoms with Gasteiger partial charge in [-0.05, 0) is 18.9 Å². The Labute approximate surface area is 112 Å². The van der Waals surface area contributed by atoms with Crippen molar-refractivity contribution in [2.45, 2.75) is 12.8 Å². The first-order valence-corrected chi connectivity index (χ1v) is 6.38. The zero-order valence-electron chi connectivity index (χ0n) is 10.7. The van der Waals surface area contributed by atoms with E-state index in [1.165, 1.54) is 6.07 Å². The summed E-state index contributed by atoms with van der Waals surface area (Å²) >= 11 is 0. The fraction of sp³-hybridized carbons (Fsp3) is 0.429. The zero-order valence-corrected chi connectivity index (χ0v) is 10.7. The second kappa shape index (κ2) is 5.95. The average molecular weight is 262 g/mol. The molecule has 0 atom stereocenters. The Kier molecular flexibility index (Phi) is 4.29. The van der Waals surface area contributed by atoms with Gasteiger partial charge in [0.1, 0.15) is 0 Å². The summed E-state index contributed by atoms with van der Waals surface area (Å²) < 4.78 is 0. The fourth-order valence-corrected chi connectivity index (χ4v) is 1.97. The predicted octanol–water partition coefficient (Wildman–Crippen LogP) is 1.97. The normalized spacial score (nSPS) is 16.7. The number of nitrogens with one attached hydrogen (secondary N) is 1. The summed E-state index contributed by atoms with van der Waals surface area (Å²) in [6.45, 7) is 1.67. The van der Waals surface area contributed by atoms with Gasteiger partial charge in [0.05, 0.1) is 10.5 Å². The van der Waals surface area contributed by atoms with E-state index < -0.39 is 0 Å². The summed E-state index contributed by atoms with van der Waals surface area (Å²) in [5.74, 6) is 0. The van der Waals surface area contributed by atoms with Crippen LogP contribution in [0.3, 0.4) is 0 Å². The number of aliphatic hydroxyl groups is 1. The molecule has 5 heteroatoms. The van der Waals surface area contributed by atoms with Crippen LogP contribution in [0.5, 0.6) is 0 Å². The number of nitrogens with zero attached hydrogens (tertiary/aromatic N) is 1. The van der Waals surface area contributed by atoms with E-state index in [0.717, 1.165) is 19.4 Å². The lowest BCUT2D eigenvalue weighted by atomic mass is 10.1. The van der Waals surface area contributed by atoms with Crippen LogP contribution in [-0.2, 0) is 0 Å². The summed E-state index contributed by atoms with van der Waals surface area (Å²) in [7, 11) is 0. The van der Waals surface area contributed by atoms with Gasteiger partial charge >= 0.3 is 0 Å².